The van der Waals surface area contributed by atoms with E-state index >= 15 is 0 Å². The summed E-state index contributed by atoms with van der Waals surface area (Å²) in [5.74, 6) is 1.04. The van der Waals surface area contributed by atoms with Crippen LogP contribution < -0.4 is 10.6 Å². The van der Waals surface area contributed by atoms with E-state index < -0.39 is 6.04 Å². The molecule has 0 radical (unpaired) electrons. The van der Waals surface area contributed by atoms with Crippen LogP contribution in [0.3, 0.4) is 0 Å². The standard InChI is InChI=1S/C20H29Cl2N3O2S/c1-14-5-9-25(10-6-14)11-8-23-20(27)18(7-12-28-2)24-19(26)16-4-3-15(21)13-17(16)22/h3-4,13-14,18H,5-12H2,1-2H3,(H,23,27)(H,24,26). The highest BCUT2D eigenvalue weighted by Gasteiger charge is 2.22. The summed E-state index contributed by atoms with van der Waals surface area (Å²) < 4.78 is 0. The number of amides is 2. The molecule has 1 aromatic rings. The summed E-state index contributed by atoms with van der Waals surface area (Å²) in [6, 6.07) is 4.11. The van der Waals surface area contributed by atoms with Gasteiger partial charge in [0.2, 0.25) is 5.91 Å². The molecule has 2 N–H and O–H groups in total. The minimum Gasteiger partial charge on any atom is -0.353 e. The molecule has 2 rings (SSSR count). The number of benzene rings is 1. The molecule has 1 aliphatic rings. The molecule has 2 amide bonds. The zero-order valence-corrected chi connectivity index (χ0v) is 18.8. The molecule has 8 heteroatoms. The molecule has 0 aliphatic carbocycles. The van der Waals surface area contributed by atoms with Crippen LogP contribution in [0.25, 0.3) is 0 Å². The first kappa shape index (κ1) is 23.3. The van der Waals surface area contributed by atoms with E-state index in [-0.39, 0.29) is 16.8 Å². The molecular weight excluding hydrogens is 417 g/mol. The fraction of sp³-hybridized carbons (Fsp3) is 0.600. The van der Waals surface area contributed by atoms with Crippen molar-refractivity contribution in [2.75, 3.05) is 38.2 Å². The molecule has 1 aliphatic heterocycles. The topological polar surface area (TPSA) is 61.4 Å². The maximum atomic E-state index is 12.6. The predicted octanol–water partition coefficient (Wildman–Crippen LogP) is 3.69. The zero-order chi connectivity index (χ0) is 20.5. The van der Waals surface area contributed by atoms with Crippen molar-refractivity contribution in [1.29, 1.82) is 0 Å². The quantitative estimate of drug-likeness (QED) is 0.608. The Morgan fingerprint density at radius 2 is 2.00 bits per heavy atom. The molecule has 0 saturated carbocycles. The molecule has 28 heavy (non-hydrogen) atoms. The number of carbonyl (C=O) groups is 2. The molecule has 1 atom stereocenters. The molecule has 156 valence electrons. The maximum Gasteiger partial charge on any atom is 0.253 e. The number of hydrogen-bond acceptors (Lipinski definition) is 4. The number of nitrogens with zero attached hydrogens (tertiary/aromatic N) is 1. The number of thioether (sulfide) groups is 1. The first-order valence-electron chi connectivity index (χ1n) is 9.65. The Balaban J connectivity index is 1.88. The predicted molar refractivity (Wildman–Crippen MR) is 119 cm³/mol. The van der Waals surface area contributed by atoms with Crippen molar-refractivity contribution in [3.05, 3.63) is 33.8 Å². The van der Waals surface area contributed by atoms with Gasteiger partial charge in [0.05, 0.1) is 10.6 Å². The summed E-state index contributed by atoms with van der Waals surface area (Å²) in [5, 5.41) is 6.52. The average molecular weight is 446 g/mol. The lowest BCUT2D eigenvalue weighted by molar-refractivity contribution is -0.123. The van der Waals surface area contributed by atoms with Crippen molar-refractivity contribution in [1.82, 2.24) is 15.5 Å². The van der Waals surface area contributed by atoms with E-state index in [1.165, 1.54) is 18.9 Å². The molecule has 1 saturated heterocycles. The monoisotopic (exact) mass is 445 g/mol. The maximum absolute atomic E-state index is 12.6. The highest BCUT2D eigenvalue weighted by atomic mass is 35.5. The van der Waals surface area contributed by atoms with Crippen molar-refractivity contribution in [2.24, 2.45) is 5.92 Å². The van der Waals surface area contributed by atoms with Crippen LogP contribution in [0.15, 0.2) is 18.2 Å². The number of nitrogens with one attached hydrogen (secondary N) is 2. The smallest absolute Gasteiger partial charge is 0.253 e. The second-order valence-corrected chi connectivity index (χ2v) is 9.08. The van der Waals surface area contributed by atoms with Gasteiger partial charge in [-0.15, -0.1) is 0 Å². The fourth-order valence-corrected chi connectivity index (χ4v) is 4.13. The van der Waals surface area contributed by atoms with Crippen LogP contribution in [0.1, 0.15) is 36.5 Å². The zero-order valence-electron chi connectivity index (χ0n) is 16.5. The molecule has 1 fully saturated rings. The van der Waals surface area contributed by atoms with Gasteiger partial charge >= 0.3 is 0 Å². The van der Waals surface area contributed by atoms with Crippen LogP contribution in [0, 0.1) is 5.92 Å². The van der Waals surface area contributed by atoms with Gasteiger partial charge in [-0.05, 0) is 68.5 Å². The summed E-state index contributed by atoms with van der Waals surface area (Å²) in [4.78, 5) is 27.6. The van der Waals surface area contributed by atoms with Gasteiger partial charge in [-0.2, -0.15) is 11.8 Å². The highest BCUT2D eigenvalue weighted by molar-refractivity contribution is 7.98. The van der Waals surface area contributed by atoms with Crippen LogP contribution in [0.5, 0.6) is 0 Å². The van der Waals surface area contributed by atoms with Gasteiger partial charge in [0.1, 0.15) is 6.04 Å². The third kappa shape index (κ3) is 7.47. The number of halogens is 2. The van der Waals surface area contributed by atoms with E-state index in [9.17, 15) is 9.59 Å². The summed E-state index contributed by atoms with van der Waals surface area (Å²) in [6.45, 7) is 5.87. The van der Waals surface area contributed by atoms with Crippen molar-refractivity contribution < 1.29 is 9.59 Å². The van der Waals surface area contributed by atoms with Crippen molar-refractivity contribution in [2.45, 2.75) is 32.2 Å². The molecule has 5 nitrogen and oxygen atoms in total. The Kier molecular flexibility index (Phi) is 9.92. The van der Waals surface area contributed by atoms with Gasteiger partial charge in [0, 0.05) is 18.1 Å². The number of piperidine rings is 1. The van der Waals surface area contributed by atoms with E-state index in [4.69, 9.17) is 23.2 Å². The largest absolute Gasteiger partial charge is 0.353 e. The van der Waals surface area contributed by atoms with E-state index in [2.05, 4.69) is 22.5 Å². The number of hydrogen-bond donors (Lipinski definition) is 2. The Bertz CT molecular complexity index is 667. The molecule has 1 heterocycles. The molecule has 0 bridgehead atoms. The Morgan fingerprint density at radius 1 is 1.29 bits per heavy atom. The van der Waals surface area contributed by atoms with E-state index in [0.717, 1.165) is 31.3 Å². The van der Waals surface area contributed by atoms with Crippen molar-refractivity contribution in [3.8, 4) is 0 Å². The van der Waals surface area contributed by atoms with Gasteiger partial charge in [-0.3, -0.25) is 9.59 Å². The highest BCUT2D eigenvalue weighted by Crippen LogP contribution is 2.21. The van der Waals surface area contributed by atoms with E-state index in [1.807, 2.05) is 6.26 Å². The lowest BCUT2D eigenvalue weighted by atomic mass is 9.99. The lowest BCUT2D eigenvalue weighted by Gasteiger charge is -2.30. The van der Waals surface area contributed by atoms with Crippen molar-refractivity contribution >= 4 is 46.8 Å². The molecule has 1 unspecified atom stereocenters. The van der Waals surface area contributed by atoms with E-state index in [1.54, 1.807) is 23.9 Å². The number of likely N-dealkylation sites (tertiary alicyclic amines) is 1. The molecule has 0 spiro atoms. The SMILES string of the molecule is CSCCC(NC(=O)c1ccc(Cl)cc1Cl)C(=O)NCCN1CCC(C)CC1. The van der Waals surface area contributed by atoms with Gasteiger partial charge in [-0.25, -0.2) is 0 Å². The van der Waals surface area contributed by atoms with Crippen LogP contribution >= 0.6 is 35.0 Å². The van der Waals surface area contributed by atoms with Gasteiger partial charge in [0.15, 0.2) is 0 Å². The number of carbonyl (C=O) groups excluding carboxylic acids is 2. The Hall–Kier alpha value is -0.950. The third-order valence-electron chi connectivity index (χ3n) is 5.01. The third-order valence-corrected chi connectivity index (χ3v) is 6.20. The minimum absolute atomic E-state index is 0.155. The molecular formula is C20H29Cl2N3O2S. The van der Waals surface area contributed by atoms with Gasteiger partial charge in [0.25, 0.3) is 5.91 Å². The number of rotatable bonds is 9. The summed E-state index contributed by atoms with van der Waals surface area (Å²) in [5.41, 5.74) is 0.315. The summed E-state index contributed by atoms with van der Waals surface area (Å²) >= 11 is 13.6. The first-order chi connectivity index (χ1) is 13.4. The first-order valence-corrected chi connectivity index (χ1v) is 11.8. The Morgan fingerprint density at radius 3 is 2.64 bits per heavy atom. The van der Waals surface area contributed by atoms with Crippen LogP contribution in [-0.4, -0.2) is 60.9 Å². The van der Waals surface area contributed by atoms with Gasteiger partial charge in [-0.1, -0.05) is 30.1 Å². The van der Waals surface area contributed by atoms with Crippen LogP contribution in [0.2, 0.25) is 10.0 Å². The fourth-order valence-electron chi connectivity index (χ4n) is 3.16. The molecule has 1 aromatic carbocycles. The molecule has 0 aromatic heterocycles. The second kappa shape index (κ2) is 11.9. The van der Waals surface area contributed by atoms with Gasteiger partial charge < -0.3 is 15.5 Å². The normalized spacial score (nSPS) is 16.6. The van der Waals surface area contributed by atoms with Crippen LogP contribution in [-0.2, 0) is 4.79 Å². The van der Waals surface area contributed by atoms with Crippen molar-refractivity contribution in [3.63, 3.8) is 0 Å². The Labute approximate surface area is 181 Å². The summed E-state index contributed by atoms with van der Waals surface area (Å²) in [7, 11) is 0. The second-order valence-electron chi connectivity index (χ2n) is 7.25. The lowest BCUT2D eigenvalue weighted by Crippen LogP contribution is -2.49. The van der Waals surface area contributed by atoms with E-state index in [0.29, 0.717) is 23.6 Å². The van der Waals surface area contributed by atoms with Crippen LogP contribution in [0.4, 0.5) is 0 Å². The summed E-state index contributed by atoms with van der Waals surface area (Å²) in [6.07, 6.45) is 4.96. The minimum atomic E-state index is -0.590. The average Bonchev–Trinajstić information content (AvgIpc) is 2.66.